The maximum atomic E-state index is 13.2. The number of aromatic nitrogens is 3. The normalized spacial score (nSPS) is 20.6. The van der Waals surface area contributed by atoms with Crippen LogP contribution in [-0.2, 0) is 13.5 Å². The number of aryl methyl sites for hydroxylation is 1. The Labute approximate surface area is 156 Å². The lowest BCUT2D eigenvalue weighted by molar-refractivity contribution is 0.0634. The summed E-state index contributed by atoms with van der Waals surface area (Å²) in [6.45, 7) is 0. The summed E-state index contributed by atoms with van der Waals surface area (Å²) in [5, 5.41) is 0. The number of nitrogens with zero attached hydrogens (tertiary/aromatic N) is 4. The summed E-state index contributed by atoms with van der Waals surface area (Å²) in [5.41, 5.74) is 3.55. The van der Waals surface area contributed by atoms with Gasteiger partial charge in [0.25, 0.3) is 5.91 Å². The number of hydrogen-bond donors (Lipinski definition) is 0. The van der Waals surface area contributed by atoms with Crippen molar-refractivity contribution in [2.75, 3.05) is 0 Å². The van der Waals surface area contributed by atoms with Crippen LogP contribution in [0.4, 0.5) is 4.39 Å². The molecule has 2 atom stereocenters. The minimum Gasteiger partial charge on any atom is -0.347 e. The van der Waals surface area contributed by atoms with E-state index in [1.807, 2.05) is 41.0 Å². The molecule has 27 heavy (non-hydrogen) atoms. The van der Waals surface area contributed by atoms with E-state index in [1.165, 1.54) is 12.1 Å². The van der Waals surface area contributed by atoms with E-state index < -0.39 is 0 Å². The first-order chi connectivity index (χ1) is 13.1. The second kappa shape index (κ2) is 6.01. The number of benzene rings is 1. The fraction of sp³-hybridized carbons (Fsp3) is 0.286. The minimum atomic E-state index is -0.274. The number of amides is 1. The largest absolute Gasteiger partial charge is 0.347 e. The molecule has 2 aliphatic rings. The maximum Gasteiger partial charge on any atom is 0.271 e. The monoisotopic (exact) mass is 362 g/mol. The average molecular weight is 362 g/mol. The highest BCUT2D eigenvalue weighted by Crippen LogP contribution is 2.44. The van der Waals surface area contributed by atoms with Crippen molar-refractivity contribution in [3.8, 4) is 11.4 Å². The summed E-state index contributed by atoms with van der Waals surface area (Å²) in [6, 6.07) is 10.2. The standard InChI is InChI=1S/C21H19FN4O/c1-25-10-2-3-19(25)21(27)26-15-8-9-18(26)16-12-23-20(24-17(16)11-15)13-4-6-14(22)7-5-13/h2-7,10,12,15,18H,8-9,11H2,1H3/t15-,18+/m0/s1. The molecule has 0 aliphatic carbocycles. The molecule has 0 unspecified atom stereocenters. The van der Waals surface area contributed by atoms with Gasteiger partial charge in [0, 0.05) is 43.0 Å². The van der Waals surface area contributed by atoms with Crippen LogP contribution >= 0.6 is 0 Å². The minimum absolute atomic E-state index is 0.0309. The van der Waals surface area contributed by atoms with Crippen LogP contribution in [-0.4, -0.2) is 31.4 Å². The van der Waals surface area contributed by atoms with Crippen LogP contribution in [0.5, 0.6) is 0 Å². The molecule has 136 valence electrons. The van der Waals surface area contributed by atoms with Gasteiger partial charge in [-0.25, -0.2) is 14.4 Å². The molecule has 0 spiro atoms. The van der Waals surface area contributed by atoms with Gasteiger partial charge >= 0.3 is 0 Å². The lowest BCUT2D eigenvalue weighted by Crippen LogP contribution is -2.43. The maximum absolute atomic E-state index is 13.2. The number of halogens is 1. The fourth-order valence-corrected chi connectivity index (χ4v) is 4.34. The molecular weight excluding hydrogens is 343 g/mol. The molecular formula is C21H19FN4O. The van der Waals surface area contributed by atoms with Gasteiger partial charge in [-0.1, -0.05) is 0 Å². The lowest BCUT2D eigenvalue weighted by atomic mass is 9.98. The van der Waals surface area contributed by atoms with Gasteiger partial charge in [0.1, 0.15) is 11.5 Å². The third-order valence-corrected chi connectivity index (χ3v) is 5.69. The summed E-state index contributed by atoms with van der Waals surface area (Å²) in [6.07, 6.45) is 6.39. The van der Waals surface area contributed by atoms with Gasteiger partial charge in [-0.15, -0.1) is 0 Å². The zero-order chi connectivity index (χ0) is 18.5. The Morgan fingerprint density at radius 1 is 1.19 bits per heavy atom. The van der Waals surface area contributed by atoms with Crippen LogP contribution in [0.15, 0.2) is 48.8 Å². The highest BCUT2D eigenvalue weighted by atomic mass is 19.1. The second-order valence-corrected chi connectivity index (χ2v) is 7.27. The van der Waals surface area contributed by atoms with Crippen LogP contribution in [0.2, 0.25) is 0 Å². The molecule has 0 saturated carbocycles. The molecule has 2 aromatic heterocycles. The van der Waals surface area contributed by atoms with E-state index in [0.717, 1.165) is 36.1 Å². The molecule has 5 nitrogen and oxygen atoms in total. The molecule has 6 heteroatoms. The van der Waals surface area contributed by atoms with E-state index in [1.54, 1.807) is 12.1 Å². The Bertz CT molecular complexity index is 1030. The molecule has 1 saturated heterocycles. The van der Waals surface area contributed by atoms with Gasteiger partial charge in [0.15, 0.2) is 5.82 Å². The van der Waals surface area contributed by atoms with Gasteiger partial charge < -0.3 is 9.47 Å². The summed E-state index contributed by atoms with van der Waals surface area (Å²) in [5.74, 6) is 0.406. The average Bonchev–Trinajstić information content (AvgIpc) is 3.24. The number of fused-ring (bicyclic) bond motifs is 4. The van der Waals surface area contributed by atoms with Crippen molar-refractivity contribution >= 4 is 5.91 Å². The summed E-state index contributed by atoms with van der Waals surface area (Å²) in [4.78, 5) is 24.4. The van der Waals surface area contributed by atoms with Crippen LogP contribution < -0.4 is 0 Å². The van der Waals surface area contributed by atoms with E-state index in [-0.39, 0.29) is 23.8 Å². The van der Waals surface area contributed by atoms with Crippen molar-refractivity contribution in [3.63, 3.8) is 0 Å². The second-order valence-electron chi connectivity index (χ2n) is 7.27. The van der Waals surface area contributed by atoms with Crippen molar-refractivity contribution in [2.45, 2.75) is 31.3 Å². The molecule has 2 aliphatic heterocycles. The molecule has 0 N–H and O–H groups in total. The number of carbonyl (C=O) groups excluding carboxylic acids is 1. The van der Waals surface area contributed by atoms with E-state index in [9.17, 15) is 9.18 Å². The summed E-state index contributed by atoms with van der Waals surface area (Å²) in [7, 11) is 1.89. The summed E-state index contributed by atoms with van der Waals surface area (Å²) < 4.78 is 15.0. The van der Waals surface area contributed by atoms with Crippen LogP contribution in [0, 0.1) is 5.82 Å². The van der Waals surface area contributed by atoms with Crippen molar-refractivity contribution in [1.29, 1.82) is 0 Å². The summed E-state index contributed by atoms with van der Waals surface area (Å²) >= 11 is 0. The molecule has 0 radical (unpaired) electrons. The smallest absolute Gasteiger partial charge is 0.271 e. The highest BCUT2D eigenvalue weighted by Gasteiger charge is 2.44. The van der Waals surface area contributed by atoms with Crippen molar-refractivity contribution in [1.82, 2.24) is 19.4 Å². The Kier molecular flexibility index (Phi) is 3.60. The number of carbonyl (C=O) groups is 1. The van der Waals surface area contributed by atoms with Crippen molar-refractivity contribution in [2.24, 2.45) is 7.05 Å². The number of rotatable bonds is 2. The van der Waals surface area contributed by atoms with E-state index >= 15 is 0 Å². The molecule has 2 bridgehead atoms. The molecule has 1 aromatic carbocycles. The van der Waals surface area contributed by atoms with Crippen LogP contribution in [0.3, 0.4) is 0 Å². The first kappa shape index (κ1) is 16.2. The SMILES string of the molecule is Cn1cccc1C(=O)N1[C@H]2CC[C@@H]1c1cnc(-c3ccc(F)cc3)nc1C2. The third-order valence-electron chi connectivity index (χ3n) is 5.69. The highest BCUT2D eigenvalue weighted by molar-refractivity contribution is 5.93. The van der Waals surface area contributed by atoms with Gasteiger partial charge in [-0.3, -0.25) is 4.79 Å². The zero-order valence-corrected chi connectivity index (χ0v) is 15.0. The zero-order valence-electron chi connectivity index (χ0n) is 15.0. The van der Waals surface area contributed by atoms with Gasteiger partial charge in [-0.2, -0.15) is 0 Å². The molecule has 1 amide bonds. The number of hydrogen-bond acceptors (Lipinski definition) is 3. The molecule has 1 fully saturated rings. The van der Waals surface area contributed by atoms with Gasteiger partial charge in [0.05, 0.1) is 11.7 Å². The molecule has 4 heterocycles. The quantitative estimate of drug-likeness (QED) is 0.701. The Balaban J connectivity index is 1.50. The third kappa shape index (κ3) is 2.55. The Hall–Kier alpha value is -3.02. The van der Waals surface area contributed by atoms with E-state index in [2.05, 4.69) is 4.98 Å². The van der Waals surface area contributed by atoms with Crippen molar-refractivity contribution < 1.29 is 9.18 Å². The van der Waals surface area contributed by atoms with E-state index in [4.69, 9.17) is 4.98 Å². The molecule has 3 aromatic rings. The van der Waals surface area contributed by atoms with Gasteiger partial charge in [0.2, 0.25) is 0 Å². The van der Waals surface area contributed by atoms with E-state index in [0.29, 0.717) is 11.5 Å². The van der Waals surface area contributed by atoms with Gasteiger partial charge in [-0.05, 0) is 49.2 Å². The Morgan fingerprint density at radius 2 is 2.00 bits per heavy atom. The topological polar surface area (TPSA) is 51.0 Å². The predicted octanol–water partition coefficient (Wildman–Crippen LogP) is 3.52. The predicted molar refractivity (Wildman–Crippen MR) is 98.5 cm³/mol. The first-order valence-electron chi connectivity index (χ1n) is 9.17. The van der Waals surface area contributed by atoms with Crippen LogP contribution in [0.1, 0.15) is 40.6 Å². The van der Waals surface area contributed by atoms with Crippen molar-refractivity contribution in [3.05, 3.63) is 71.6 Å². The first-order valence-corrected chi connectivity index (χ1v) is 9.17. The fourth-order valence-electron chi connectivity index (χ4n) is 4.34. The lowest BCUT2D eigenvalue weighted by Gasteiger charge is -2.35. The Morgan fingerprint density at radius 3 is 2.74 bits per heavy atom. The molecule has 5 rings (SSSR count). The van der Waals surface area contributed by atoms with Crippen LogP contribution in [0.25, 0.3) is 11.4 Å².